The number of hydrogen-bond acceptors (Lipinski definition) is 2. The highest BCUT2D eigenvalue weighted by atomic mass is 35.5. The zero-order valence-electron chi connectivity index (χ0n) is 12.9. The molecule has 114 valence electrons. The van der Waals surface area contributed by atoms with Crippen molar-refractivity contribution in [2.24, 2.45) is 22.2 Å². The highest BCUT2D eigenvalue weighted by Gasteiger charge is 2.62. The van der Waals surface area contributed by atoms with Gasteiger partial charge in [0.05, 0.1) is 4.34 Å². The molecule has 4 aliphatic carbocycles. The predicted molar refractivity (Wildman–Crippen MR) is 87.9 cm³/mol. The summed E-state index contributed by atoms with van der Waals surface area (Å²) in [7, 11) is 0. The van der Waals surface area contributed by atoms with Crippen molar-refractivity contribution in [2.75, 3.05) is 0 Å². The van der Waals surface area contributed by atoms with Crippen LogP contribution in [-0.4, -0.2) is 5.78 Å². The van der Waals surface area contributed by atoms with E-state index in [1.54, 1.807) is 11.3 Å². The van der Waals surface area contributed by atoms with Crippen LogP contribution in [0.1, 0.15) is 57.2 Å². The van der Waals surface area contributed by atoms with Crippen LogP contribution in [0.25, 0.3) is 0 Å². The maximum Gasteiger partial charge on any atom is 0.144 e. The van der Waals surface area contributed by atoms with E-state index < -0.39 is 0 Å². The van der Waals surface area contributed by atoms with E-state index in [0.717, 1.165) is 34.4 Å². The summed E-state index contributed by atoms with van der Waals surface area (Å²) in [4.78, 5) is 14.3. The quantitative estimate of drug-likeness (QED) is 0.717. The molecule has 4 bridgehead atoms. The van der Waals surface area contributed by atoms with E-state index in [0.29, 0.717) is 23.0 Å². The molecule has 4 aliphatic rings. The third-order valence-corrected chi connectivity index (χ3v) is 7.41. The van der Waals surface area contributed by atoms with E-state index in [1.165, 1.54) is 19.3 Å². The van der Waals surface area contributed by atoms with Crippen molar-refractivity contribution in [3.63, 3.8) is 0 Å². The summed E-state index contributed by atoms with van der Waals surface area (Å²) < 4.78 is 0.794. The molecule has 21 heavy (non-hydrogen) atoms. The van der Waals surface area contributed by atoms with Gasteiger partial charge in [0.2, 0.25) is 0 Å². The van der Waals surface area contributed by atoms with Gasteiger partial charge in [-0.1, -0.05) is 25.4 Å². The van der Waals surface area contributed by atoms with E-state index in [-0.39, 0.29) is 5.41 Å². The van der Waals surface area contributed by atoms with Gasteiger partial charge in [-0.05, 0) is 67.4 Å². The first-order chi connectivity index (χ1) is 9.80. The van der Waals surface area contributed by atoms with Gasteiger partial charge in [-0.2, -0.15) is 0 Å². The summed E-state index contributed by atoms with van der Waals surface area (Å²) in [6, 6.07) is 3.94. The fourth-order valence-corrected chi connectivity index (χ4v) is 7.64. The highest BCUT2D eigenvalue weighted by molar-refractivity contribution is 7.16. The Morgan fingerprint density at radius 1 is 1.19 bits per heavy atom. The predicted octanol–water partition coefficient (Wildman–Crippen LogP) is 5.51. The monoisotopic (exact) mass is 322 g/mol. The number of thiophene rings is 1. The topological polar surface area (TPSA) is 17.1 Å². The van der Waals surface area contributed by atoms with E-state index in [2.05, 4.69) is 13.8 Å². The summed E-state index contributed by atoms with van der Waals surface area (Å²) in [5.41, 5.74) is 0.799. The molecular weight excluding hydrogens is 300 g/mol. The minimum absolute atomic E-state index is 0.0284. The Morgan fingerprint density at radius 3 is 2.38 bits per heavy atom. The number of halogens is 1. The van der Waals surface area contributed by atoms with Gasteiger partial charge in [-0.25, -0.2) is 0 Å². The minimum atomic E-state index is -0.0284. The van der Waals surface area contributed by atoms with Gasteiger partial charge in [0.1, 0.15) is 5.78 Å². The largest absolute Gasteiger partial charge is 0.299 e. The molecule has 5 rings (SSSR count). The van der Waals surface area contributed by atoms with Crippen molar-refractivity contribution in [3.8, 4) is 0 Å². The number of hydrogen-bond donors (Lipinski definition) is 0. The zero-order chi connectivity index (χ0) is 14.9. The Morgan fingerprint density at radius 2 is 1.86 bits per heavy atom. The van der Waals surface area contributed by atoms with Gasteiger partial charge in [0.25, 0.3) is 0 Å². The lowest BCUT2D eigenvalue weighted by atomic mass is 9.39. The number of carbonyl (C=O) groups excluding carboxylic acids is 1. The van der Waals surface area contributed by atoms with Crippen molar-refractivity contribution >= 4 is 28.7 Å². The Kier molecular flexibility index (Phi) is 2.96. The summed E-state index contributed by atoms with van der Waals surface area (Å²) in [6.45, 7) is 4.86. The second-order valence-corrected chi connectivity index (χ2v) is 10.5. The summed E-state index contributed by atoms with van der Waals surface area (Å²) in [5.74, 6) is 1.27. The molecule has 0 N–H and O–H groups in total. The van der Waals surface area contributed by atoms with Crippen LogP contribution in [0.15, 0.2) is 12.1 Å². The molecule has 2 unspecified atom stereocenters. The van der Waals surface area contributed by atoms with Crippen LogP contribution >= 0.6 is 22.9 Å². The standard InChI is InChI=1S/C18H23ClOS/c1-16-6-12-7-17(2,9-16)11-18(8-12,10-16)14(20)5-13-3-4-15(19)21-13/h3-4,12H,5-11H2,1-2H3. The fraction of sp³-hybridized carbons (Fsp3) is 0.722. The van der Waals surface area contributed by atoms with Crippen molar-refractivity contribution in [1.82, 2.24) is 0 Å². The third-order valence-electron chi connectivity index (χ3n) is 6.18. The molecule has 0 spiro atoms. The molecule has 4 fully saturated rings. The first-order valence-corrected chi connectivity index (χ1v) is 9.27. The lowest BCUT2D eigenvalue weighted by Crippen LogP contribution is -2.57. The van der Waals surface area contributed by atoms with Gasteiger partial charge in [-0.15, -0.1) is 11.3 Å². The van der Waals surface area contributed by atoms with Crippen LogP contribution in [0.4, 0.5) is 0 Å². The van der Waals surface area contributed by atoms with Crippen molar-refractivity contribution in [3.05, 3.63) is 21.3 Å². The SMILES string of the molecule is CC12CC3CC(C)(C1)CC(C(=O)Cc1ccc(Cl)s1)(C3)C2. The smallest absolute Gasteiger partial charge is 0.144 e. The summed E-state index contributed by atoms with van der Waals surface area (Å²) in [6.07, 6.45) is 8.03. The van der Waals surface area contributed by atoms with Gasteiger partial charge < -0.3 is 0 Å². The molecule has 1 heterocycles. The zero-order valence-corrected chi connectivity index (χ0v) is 14.4. The molecule has 0 saturated heterocycles. The molecule has 4 saturated carbocycles. The van der Waals surface area contributed by atoms with Crippen LogP contribution in [0.5, 0.6) is 0 Å². The Labute approximate surface area is 136 Å². The molecule has 0 amide bonds. The Balaban J connectivity index is 1.63. The molecule has 1 nitrogen and oxygen atoms in total. The lowest BCUT2D eigenvalue weighted by molar-refractivity contribution is -0.167. The average Bonchev–Trinajstić information content (AvgIpc) is 2.69. The number of carbonyl (C=O) groups is 1. The van der Waals surface area contributed by atoms with E-state index in [1.807, 2.05) is 12.1 Å². The normalized spacial score (nSPS) is 44.2. The molecule has 3 heteroatoms. The van der Waals surface area contributed by atoms with Crippen LogP contribution in [0.3, 0.4) is 0 Å². The number of rotatable bonds is 3. The van der Waals surface area contributed by atoms with E-state index >= 15 is 0 Å². The Hall–Kier alpha value is -0.340. The van der Waals surface area contributed by atoms with Crippen LogP contribution in [0.2, 0.25) is 4.34 Å². The lowest BCUT2D eigenvalue weighted by Gasteiger charge is -2.64. The number of Topliss-reactive ketones (excluding diaryl/α,β-unsaturated/α-hetero) is 1. The maximum atomic E-state index is 13.1. The van der Waals surface area contributed by atoms with Gasteiger partial charge in [0.15, 0.2) is 0 Å². The molecule has 1 aromatic heterocycles. The maximum absolute atomic E-state index is 13.1. The highest BCUT2D eigenvalue weighted by Crippen LogP contribution is 2.69. The van der Waals surface area contributed by atoms with Crippen molar-refractivity contribution in [1.29, 1.82) is 0 Å². The van der Waals surface area contributed by atoms with E-state index in [4.69, 9.17) is 11.6 Å². The summed E-state index contributed by atoms with van der Waals surface area (Å²) >= 11 is 7.58. The molecule has 0 aromatic carbocycles. The first kappa shape index (κ1) is 14.3. The average molecular weight is 323 g/mol. The van der Waals surface area contributed by atoms with Crippen LogP contribution < -0.4 is 0 Å². The third kappa shape index (κ3) is 2.30. The van der Waals surface area contributed by atoms with E-state index in [9.17, 15) is 4.79 Å². The molecule has 2 atom stereocenters. The summed E-state index contributed by atoms with van der Waals surface area (Å²) in [5, 5.41) is 0. The van der Waals surface area contributed by atoms with Crippen LogP contribution in [-0.2, 0) is 11.2 Å². The second kappa shape index (κ2) is 4.35. The van der Waals surface area contributed by atoms with Crippen LogP contribution in [0, 0.1) is 22.2 Å². The molecular formula is C18H23ClOS. The molecule has 0 aliphatic heterocycles. The first-order valence-electron chi connectivity index (χ1n) is 8.08. The fourth-order valence-electron chi connectivity index (χ4n) is 6.55. The minimum Gasteiger partial charge on any atom is -0.299 e. The number of ketones is 1. The van der Waals surface area contributed by atoms with Gasteiger partial charge >= 0.3 is 0 Å². The van der Waals surface area contributed by atoms with Gasteiger partial charge in [0, 0.05) is 16.7 Å². The molecule has 0 radical (unpaired) electrons. The van der Waals surface area contributed by atoms with Crippen molar-refractivity contribution in [2.45, 2.75) is 58.8 Å². The van der Waals surface area contributed by atoms with Crippen molar-refractivity contribution < 1.29 is 4.79 Å². The second-order valence-electron chi connectivity index (χ2n) is 8.72. The van der Waals surface area contributed by atoms with Gasteiger partial charge in [-0.3, -0.25) is 4.79 Å². The Bertz CT molecular complexity index is 586. The molecule has 1 aromatic rings.